The highest BCUT2D eigenvalue weighted by Crippen LogP contribution is 2.23. The van der Waals surface area contributed by atoms with Crippen molar-refractivity contribution < 1.29 is 4.39 Å². The number of nitrogens with two attached hydrogens (primary N) is 1. The Balaban J connectivity index is 2.52. The highest BCUT2D eigenvalue weighted by Gasteiger charge is 2.11. The van der Waals surface area contributed by atoms with Crippen molar-refractivity contribution in [1.82, 2.24) is 15.2 Å². The molecule has 0 spiro atoms. The Kier molecular flexibility index (Phi) is 3.20. The Bertz CT molecular complexity index is 500. The smallest absolute Gasteiger partial charge is 0.181 e. The van der Waals surface area contributed by atoms with E-state index in [1.807, 2.05) is 6.07 Å². The van der Waals surface area contributed by atoms with Crippen molar-refractivity contribution in [3.05, 3.63) is 32.9 Å². The normalized spacial score (nSPS) is 10.8. The summed E-state index contributed by atoms with van der Waals surface area (Å²) in [5.74, 6) is 0.887. The Morgan fingerprint density at radius 1 is 1.50 bits per heavy atom. The van der Waals surface area contributed by atoms with E-state index in [1.54, 1.807) is 6.92 Å². The summed E-state index contributed by atoms with van der Waals surface area (Å²) < 4.78 is 14.4. The summed E-state index contributed by atoms with van der Waals surface area (Å²) in [4.78, 5) is 4.15. The summed E-state index contributed by atoms with van der Waals surface area (Å²) in [5, 5.41) is 6.71. The summed E-state index contributed by atoms with van der Waals surface area (Å²) in [6.45, 7) is 1.99. The largest absolute Gasteiger partial charge is 0.326 e. The second kappa shape index (κ2) is 4.46. The molecule has 1 aromatic heterocycles. The van der Waals surface area contributed by atoms with E-state index in [0.717, 1.165) is 3.57 Å². The molecule has 1 aromatic carbocycles. The van der Waals surface area contributed by atoms with Gasteiger partial charge in [-0.2, -0.15) is 5.10 Å². The van der Waals surface area contributed by atoms with Gasteiger partial charge in [-0.25, -0.2) is 9.37 Å². The molecular formula is C10H10FIN4. The first-order chi connectivity index (χ1) is 7.61. The molecule has 2 rings (SSSR count). The molecule has 0 saturated carbocycles. The zero-order valence-corrected chi connectivity index (χ0v) is 10.7. The number of nitrogens with zero attached hydrogens (tertiary/aromatic N) is 2. The fraction of sp³-hybridized carbons (Fsp3) is 0.200. The van der Waals surface area contributed by atoms with Crippen molar-refractivity contribution in [1.29, 1.82) is 0 Å². The molecule has 0 atom stereocenters. The molecule has 4 nitrogen and oxygen atoms in total. The lowest BCUT2D eigenvalue weighted by atomic mass is 10.1. The van der Waals surface area contributed by atoms with Gasteiger partial charge in [0.15, 0.2) is 5.82 Å². The topological polar surface area (TPSA) is 67.6 Å². The Labute approximate surface area is 106 Å². The quantitative estimate of drug-likeness (QED) is 0.827. The fourth-order valence-corrected chi connectivity index (χ4v) is 2.21. The number of nitrogens with one attached hydrogen (secondary N) is 1. The van der Waals surface area contributed by atoms with Gasteiger partial charge >= 0.3 is 0 Å². The van der Waals surface area contributed by atoms with Crippen LogP contribution in [0.3, 0.4) is 0 Å². The van der Waals surface area contributed by atoms with Crippen molar-refractivity contribution in [2.24, 2.45) is 5.73 Å². The predicted molar refractivity (Wildman–Crippen MR) is 67.1 cm³/mol. The van der Waals surface area contributed by atoms with E-state index in [4.69, 9.17) is 5.73 Å². The molecule has 0 aliphatic rings. The molecule has 6 heteroatoms. The molecule has 0 radical (unpaired) electrons. The monoisotopic (exact) mass is 332 g/mol. The molecule has 0 saturated heterocycles. The number of benzene rings is 1. The van der Waals surface area contributed by atoms with Crippen LogP contribution in [0.25, 0.3) is 11.4 Å². The molecule has 0 aliphatic heterocycles. The molecule has 0 bridgehead atoms. The number of aromatic nitrogens is 3. The van der Waals surface area contributed by atoms with Gasteiger partial charge in [0.25, 0.3) is 0 Å². The van der Waals surface area contributed by atoms with Crippen LogP contribution in [-0.4, -0.2) is 15.2 Å². The summed E-state index contributed by atoms with van der Waals surface area (Å²) in [5.41, 5.74) is 6.64. The molecule has 16 heavy (non-hydrogen) atoms. The highest BCUT2D eigenvalue weighted by molar-refractivity contribution is 14.1. The number of H-pyrrole nitrogens is 1. The van der Waals surface area contributed by atoms with Crippen molar-refractivity contribution in [2.45, 2.75) is 13.5 Å². The first kappa shape index (κ1) is 11.5. The maximum Gasteiger partial charge on any atom is 0.181 e. The summed E-state index contributed by atoms with van der Waals surface area (Å²) in [6, 6.07) is 3.24. The number of aromatic amines is 1. The number of rotatable bonds is 2. The minimum atomic E-state index is -0.313. The molecule has 0 amide bonds. The molecule has 3 N–H and O–H groups in total. The van der Waals surface area contributed by atoms with Gasteiger partial charge in [0.1, 0.15) is 11.6 Å². The number of hydrogen-bond donors (Lipinski definition) is 2. The molecule has 1 heterocycles. The average Bonchev–Trinajstić information content (AvgIpc) is 2.64. The second-order valence-corrected chi connectivity index (χ2v) is 4.53. The van der Waals surface area contributed by atoms with Crippen LogP contribution >= 0.6 is 22.6 Å². The molecule has 0 fully saturated rings. The maximum absolute atomic E-state index is 13.7. The van der Waals surface area contributed by atoms with Gasteiger partial charge in [0.05, 0.1) is 0 Å². The third-order valence-electron chi connectivity index (χ3n) is 2.20. The maximum atomic E-state index is 13.7. The first-order valence-corrected chi connectivity index (χ1v) is 5.77. The second-order valence-electron chi connectivity index (χ2n) is 3.37. The Morgan fingerprint density at radius 2 is 2.25 bits per heavy atom. The van der Waals surface area contributed by atoms with Crippen LogP contribution < -0.4 is 5.73 Å². The van der Waals surface area contributed by atoms with Gasteiger partial charge < -0.3 is 5.73 Å². The van der Waals surface area contributed by atoms with Gasteiger partial charge in [-0.1, -0.05) is 0 Å². The van der Waals surface area contributed by atoms with E-state index in [-0.39, 0.29) is 12.4 Å². The van der Waals surface area contributed by atoms with Crippen molar-refractivity contribution in [2.75, 3.05) is 0 Å². The zero-order chi connectivity index (χ0) is 11.7. The van der Waals surface area contributed by atoms with Gasteiger partial charge in [0.2, 0.25) is 0 Å². The lowest BCUT2D eigenvalue weighted by Crippen LogP contribution is -2.03. The van der Waals surface area contributed by atoms with Crippen LogP contribution in [0, 0.1) is 16.3 Å². The third kappa shape index (κ3) is 2.07. The van der Waals surface area contributed by atoms with Crippen LogP contribution in [0.2, 0.25) is 0 Å². The number of hydrogen-bond acceptors (Lipinski definition) is 3. The van der Waals surface area contributed by atoms with Crippen LogP contribution in [0.15, 0.2) is 12.1 Å². The number of aryl methyl sites for hydroxylation is 1. The van der Waals surface area contributed by atoms with Crippen LogP contribution in [0.5, 0.6) is 0 Å². The fourth-order valence-electron chi connectivity index (χ4n) is 1.40. The molecule has 2 aromatic rings. The van der Waals surface area contributed by atoms with Crippen molar-refractivity contribution in [3.8, 4) is 11.4 Å². The van der Waals surface area contributed by atoms with Crippen LogP contribution in [0.1, 0.15) is 11.4 Å². The standard InChI is InChI=1S/C10H10FIN4/c1-5-14-10(16-15-5)6-2-8(11)7(4-13)9(12)3-6/h2-3H,4,13H2,1H3,(H,14,15,16). The minimum absolute atomic E-state index is 0.192. The SMILES string of the molecule is Cc1nc(-c2cc(F)c(CN)c(I)c2)n[nH]1. The molecule has 84 valence electrons. The summed E-state index contributed by atoms with van der Waals surface area (Å²) in [6.07, 6.45) is 0. The van der Waals surface area contributed by atoms with E-state index >= 15 is 0 Å². The van der Waals surface area contributed by atoms with E-state index < -0.39 is 0 Å². The van der Waals surface area contributed by atoms with Crippen LogP contribution in [-0.2, 0) is 6.54 Å². The van der Waals surface area contributed by atoms with Crippen molar-refractivity contribution in [3.63, 3.8) is 0 Å². The first-order valence-electron chi connectivity index (χ1n) is 4.69. The molecule has 0 unspecified atom stereocenters. The van der Waals surface area contributed by atoms with Gasteiger partial charge in [-0.15, -0.1) is 0 Å². The average molecular weight is 332 g/mol. The lowest BCUT2D eigenvalue weighted by Gasteiger charge is -2.05. The van der Waals surface area contributed by atoms with Gasteiger partial charge in [-0.05, 0) is 41.6 Å². The highest BCUT2D eigenvalue weighted by atomic mass is 127. The summed E-state index contributed by atoms with van der Waals surface area (Å²) in [7, 11) is 0. The molecule has 0 aliphatic carbocycles. The third-order valence-corrected chi connectivity index (χ3v) is 3.16. The lowest BCUT2D eigenvalue weighted by molar-refractivity contribution is 0.609. The van der Waals surface area contributed by atoms with E-state index in [0.29, 0.717) is 22.8 Å². The van der Waals surface area contributed by atoms with E-state index in [9.17, 15) is 4.39 Å². The van der Waals surface area contributed by atoms with Crippen LogP contribution in [0.4, 0.5) is 4.39 Å². The minimum Gasteiger partial charge on any atom is -0.326 e. The van der Waals surface area contributed by atoms with Gasteiger partial charge in [0, 0.05) is 21.2 Å². The predicted octanol–water partition coefficient (Wildman–Crippen LogP) is 1.98. The zero-order valence-electron chi connectivity index (χ0n) is 8.59. The van der Waals surface area contributed by atoms with Gasteiger partial charge in [-0.3, -0.25) is 5.10 Å². The Morgan fingerprint density at radius 3 is 2.75 bits per heavy atom. The molecular weight excluding hydrogens is 322 g/mol. The van der Waals surface area contributed by atoms with E-state index in [2.05, 4.69) is 37.8 Å². The van der Waals surface area contributed by atoms with E-state index in [1.165, 1.54) is 6.07 Å². The summed E-state index contributed by atoms with van der Waals surface area (Å²) >= 11 is 2.06. The van der Waals surface area contributed by atoms with Crippen molar-refractivity contribution >= 4 is 22.6 Å². The Hall–Kier alpha value is -1.02. The number of halogens is 2.